The second kappa shape index (κ2) is 2.37. The van der Waals surface area contributed by atoms with Gasteiger partial charge in [-0.05, 0) is 24.2 Å². The lowest BCUT2D eigenvalue weighted by atomic mass is 9.80. The molecule has 0 spiro atoms. The van der Waals surface area contributed by atoms with E-state index in [1.54, 1.807) is 0 Å². The van der Waals surface area contributed by atoms with Gasteiger partial charge in [-0.3, -0.25) is 0 Å². The van der Waals surface area contributed by atoms with Crippen LogP contribution in [0.1, 0.15) is 33.6 Å². The molecule has 0 unspecified atom stereocenters. The van der Waals surface area contributed by atoms with Gasteiger partial charge in [-0.15, -0.1) is 0 Å². The van der Waals surface area contributed by atoms with E-state index in [-0.39, 0.29) is 5.41 Å². The fraction of sp³-hybridized carbons (Fsp3) is 0.889. The molecular weight excluding hydrogens is 124 g/mol. The SMILES string of the molecule is C[C@H]1CCC(C)(C)[C@@H]1C=O. The Hall–Kier alpha value is -0.330. The first kappa shape index (κ1) is 7.77. The van der Waals surface area contributed by atoms with Gasteiger partial charge < -0.3 is 4.79 Å². The van der Waals surface area contributed by atoms with Gasteiger partial charge in [0.05, 0.1) is 0 Å². The fourth-order valence-corrected chi connectivity index (χ4v) is 2.03. The molecule has 0 bridgehead atoms. The van der Waals surface area contributed by atoms with Crippen LogP contribution in [-0.2, 0) is 4.79 Å². The zero-order valence-corrected chi connectivity index (χ0v) is 7.05. The van der Waals surface area contributed by atoms with Crippen molar-refractivity contribution >= 4 is 6.29 Å². The second-order valence-electron chi connectivity index (χ2n) is 4.17. The summed E-state index contributed by atoms with van der Waals surface area (Å²) in [6, 6.07) is 0. The third-order valence-corrected chi connectivity index (χ3v) is 2.91. The van der Waals surface area contributed by atoms with E-state index in [9.17, 15) is 4.79 Å². The van der Waals surface area contributed by atoms with Crippen molar-refractivity contribution in [3.05, 3.63) is 0 Å². The van der Waals surface area contributed by atoms with Crippen LogP contribution >= 0.6 is 0 Å². The van der Waals surface area contributed by atoms with Crippen LogP contribution in [0, 0.1) is 17.3 Å². The predicted molar refractivity (Wildman–Crippen MR) is 41.7 cm³/mol. The van der Waals surface area contributed by atoms with Crippen molar-refractivity contribution in [1.29, 1.82) is 0 Å². The summed E-state index contributed by atoms with van der Waals surface area (Å²) in [6.07, 6.45) is 3.56. The quantitative estimate of drug-likeness (QED) is 0.510. The van der Waals surface area contributed by atoms with Crippen LogP contribution < -0.4 is 0 Å². The smallest absolute Gasteiger partial charge is 0.123 e. The molecule has 0 aromatic heterocycles. The average molecular weight is 140 g/mol. The number of hydrogen-bond donors (Lipinski definition) is 0. The highest BCUT2D eigenvalue weighted by atomic mass is 16.1. The van der Waals surface area contributed by atoms with Gasteiger partial charge in [0.1, 0.15) is 6.29 Å². The summed E-state index contributed by atoms with van der Waals surface area (Å²) in [5, 5.41) is 0. The lowest BCUT2D eigenvalue weighted by Gasteiger charge is -2.23. The molecule has 0 saturated heterocycles. The van der Waals surface area contributed by atoms with E-state index in [0.29, 0.717) is 11.8 Å². The Labute approximate surface area is 62.8 Å². The standard InChI is InChI=1S/C9H16O/c1-7-4-5-9(2,3)8(7)6-10/h6-8H,4-5H2,1-3H3/t7-,8+/m0/s1. The Balaban J connectivity index is 2.72. The maximum absolute atomic E-state index is 10.6. The minimum atomic E-state index is 0.265. The number of rotatable bonds is 1. The van der Waals surface area contributed by atoms with Crippen molar-refractivity contribution in [2.45, 2.75) is 33.6 Å². The van der Waals surface area contributed by atoms with Crippen LogP contribution in [0.2, 0.25) is 0 Å². The highest BCUT2D eigenvalue weighted by molar-refractivity contribution is 5.56. The average Bonchev–Trinajstić information content (AvgIpc) is 2.07. The second-order valence-corrected chi connectivity index (χ2v) is 4.17. The van der Waals surface area contributed by atoms with Gasteiger partial charge in [0.2, 0.25) is 0 Å². The van der Waals surface area contributed by atoms with Crippen LogP contribution in [0.4, 0.5) is 0 Å². The normalized spacial score (nSPS) is 37.9. The zero-order chi connectivity index (χ0) is 7.78. The number of carbonyl (C=O) groups is 1. The molecule has 0 N–H and O–H groups in total. The van der Waals surface area contributed by atoms with Crippen LogP contribution in [-0.4, -0.2) is 6.29 Å². The van der Waals surface area contributed by atoms with E-state index in [2.05, 4.69) is 20.8 Å². The first-order chi connectivity index (χ1) is 4.58. The van der Waals surface area contributed by atoms with Crippen molar-refractivity contribution in [3.8, 4) is 0 Å². The summed E-state index contributed by atoms with van der Waals surface area (Å²) in [7, 11) is 0. The van der Waals surface area contributed by atoms with E-state index < -0.39 is 0 Å². The lowest BCUT2D eigenvalue weighted by molar-refractivity contribution is -0.114. The lowest BCUT2D eigenvalue weighted by Crippen LogP contribution is -2.21. The number of carbonyl (C=O) groups excluding carboxylic acids is 1. The highest BCUT2D eigenvalue weighted by Gasteiger charge is 2.39. The maximum Gasteiger partial charge on any atom is 0.123 e. The number of aldehydes is 1. The van der Waals surface area contributed by atoms with E-state index in [1.807, 2.05) is 0 Å². The van der Waals surface area contributed by atoms with E-state index in [0.717, 1.165) is 6.29 Å². The van der Waals surface area contributed by atoms with Crippen molar-refractivity contribution < 1.29 is 4.79 Å². The summed E-state index contributed by atoms with van der Waals surface area (Å²) < 4.78 is 0. The minimum absolute atomic E-state index is 0.265. The Kier molecular flexibility index (Phi) is 1.84. The third kappa shape index (κ3) is 1.09. The molecule has 0 aromatic rings. The first-order valence-corrected chi connectivity index (χ1v) is 4.03. The molecule has 2 atom stereocenters. The molecule has 0 aliphatic heterocycles. The van der Waals surface area contributed by atoms with Gasteiger partial charge >= 0.3 is 0 Å². The molecule has 10 heavy (non-hydrogen) atoms. The molecule has 0 radical (unpaired) electrons. The minimum Gasteiger partial charge on any atom is -0.303 e. The van der Waals surface area contributed by atoms with Crippen molar-refractivity contribution in [2.24, 2.45) is 17.3 Å². The maximum atomic E-state index is 10.6. The Bertz CT molecular complexity index is 138. The van der Waals surface area contributed by atoms with Gasteiger partial charge in [-0.1, -0.05) is 20.8 Å². The topological polar surface area (TPSA) is 17.1 Å². The van der Waals surface area contributed by atoms with Crippen molar-refractivity contribution in [1.82, 2.24) is 0 Å². The summed E-state index contributed by atoms with van der Waals surface area (Å²) >= 11 is 0. The summed E-state index contributed by atoms with van der Waals surface area (Å²) in [5.74, 6) is 0.903. The molecule has 1 aliphatic rings. The molecule has 1 aliphatic carbocycles. The summed E-state index contributed by atoms with van der Waals surface area (Å²) in [4.78, 5) is 10.6. The van der Waals surface area contributed by atoms with Gasteiger partial charge in [0.15, 0.2) is 0 Å². The molecule has 0 amide bonds. The Morgan fingerprint density at radius 3 is 2.30 bits per heavy atom. The van der Waals surface area contributed by atoms with Crippen LogP contribution in [0.3, 0.4) is 0 Å². The van der Waals surface area contributed by atoms with Crippen LogP contribution in [0.5, 0.6) is 0 Å². The third-order valence-electron chi connectivity index (χ3n) is 2.91. The molecular formula is C9H16O. The monoisotopic (exact) mass is 140 g/mol. The van der Waals surface area contributed by atoms with Crippen molar-refractivity contribution in [3.63, 3.8) is 0 Å². The van der Waals surface area contributed by atoms with Gasteiger partial charge in [-0.2, -0.15) is 0 Å². The Morgan fingerprint density at radius 2 is 2.10 bits per heavy atom. The molecule has 0 heterocycles. The predicted octanol–water partition coefficient (Wildman–Crippen LogP) is 2.26. The van der Waals surface area contributed by atoms with Gasteiger partial charge in [-0.25, -0.2) is 0 Å². The molecule has 1 heteroatoms. The van der Waals surface area contributed by atoms with Crippen LogP contribution in [0.25, 0.3) is 0 Å². The van der Waals surface area contributed by atoms with Gasteiger partial charge in [0.25, 0.3) is 0 Å². The van der Waals surface area contributed by atoms with Crippen molar-refractivity contribution in [2.75, 3.05) is 0 Å². The summed E-state index contributed by atoms with van der Waals surface area (Å²) in [6.45, 7) is 6.55. The molecule has 1 rings (SSSR count). The molecule has 1 nitrogen and oxygen atoms in total. The van der Waals surface area contributed by atoms with Crippen LogP contribution in [0.15, 0.2) is 0 Å². The van der Waals surface area contributed by atoms with Gasteiger partial charge in [0, 0.05) is 5.92 Å². The molecule has 1 fully saturated rings. The van der Waals surface area contributed by atoms with E-state index >= 15 is 0 Å². The van der Waals surface area contributed by atoms with E-state index in [1.165, 1.54) is 12.8 Å². The highest BCUT2D eigenvalue weighted by Crippen LogP contribution is 2.44. The largest absolute Gasteiger partial charge is 0.303 e. The first-order valence-electron chi connectivity index (χ1n) is 4.03. The fourth-order valence-electron chi connectivity index (χ4n) is 2.03. The number of hydrogen-bond acceptors (Lipinski definition) is 1. The zero-order valence-electron chi connectivity index (χ0n) is 7.05. The Morgan fingerprint density at radius 1 is 1.50 bits per heavy atom. The molecule has 0 aromatic carbocycles. The molecule has 58 valence electrons. The summed E-state index contributed by atoms with van der Waals surface area (Å²) in [5.41, 5.74) is 0.265. The molecule has 1 saturated carbocycles. The van der Waals surface area contributed by atoms with E-state index in [4.69, 9.17) is 0 Å².